The van der Waals surface area contributed by atoms with E-state index in [1.54, 1.807) is 6.20 Å². The highest BCUT2D eigenvalue weighted by Crippen LogP contribution is 2.27. The van der Waals surface area contributed by atoms with Crippen molar-refractivity contribution >= 4 is 23.4 Å². The summed E-state index contributed by atoms with van der Waals surface area (Å²) in [6.45, 7) is 7.09. The molecule has 2 aromatic heterocycles. The van der Waals surface area contributed by atoms with Gasteiger partial charge in [-0.25, -0.2) is 15.0 Å². The summed E-state index contributed by atoms with van der Waals surface area (Å²) in [6.07, 6.45) is 1.75. The second-order valence-corrected chi connectivity index (χ2v) is 6.63. The van der Waals surface area contributed by atoms with E-state index in [2.05, 4.69) is 41.0 Å². The minimum absolute atomic E-state index is 0.0376. The number of aromatic nitrogens is 3. The Kier molecular flexibility index (Phi) is 4.64. The molecule has 2 heterocycles. The number of pyridine rings is 1. The van der Waals surface area contributed by atoms with Gasteiger partial charge >= 0.3 is 0 Å². The third-order valence-corrected chi connectivity index (χ3v) is 3.52. The lowest BCUT2D eigenvalue weighted by Crippen LogP contribution is -2.35. The third kappa shape index (κ3) is 4.87. The summed E-state index contributed by atoms with van der Waals surface area (Å²) in [7, 11) is 0. The summed E-state index contributed by atoms with van der Waals surface area (Å²) >= 11 is 1.36. The van der Waals surface area contributed by atoms with Crippen LogP contribution in [0.3, 0.4) is 0 Å². The summed E-state index contributed by atoms with van der Waals surface area (Å²) in [5, 5.41) is 4.79. The molecule has 21 heavy (non-hydrogen) atoms. The molecule has 7 heteroatoms. The van der Waals surface area contributed by atoms with Gasteiger partial charge in [0, 0.05) is 24.3 Å². The van der Waals surface area contributed by atoms with E-state index in [0.29, 0.717) is 16.8 Å². The molecule has 112 valence electrons. The molecule has 0 aliphatic heterocycles. The quantitative estimate of drug-likeness (QED) is 0.743. The molecule has 0 amide bonds. The highest BCUT2D eigenvalue weighted by Gasteiger charge is 2.13. The van der Waals surface area contributed by atoms with E-state index in [-0.39, 0.29) is 5.54 Å². The monoisotopic (exact) mass is 304 g/mol. The third-order valence-electron chi connectivity index (χ3n) is 2.59. The Morgan fingerprint density at radius 1 is 1.19 bits per heavy atom. The van der Waals surface area contributed by atoms with Gasteiger partial charge in [-0.15, -0.1) is 0 Å². The first-order valence-electron chi connectivity index (χ1n) is 6.60. The van der Waals surface area contributed by atoms with Gasteiger partial charge in [-0.1, -0.05) is 6.07 Å². The van der Waals surface area contributed by atoms with E-state index in [0.717, 1.165) is 17.1 Å². The maximum absolute atomic E-state index is 5.69. The molecular formula is C14H20N6S. The Morgan fingerprint density at radius 3 is 2.48 bits per heavy atom. The zero-order valence-electron chi connectivity index (χ0n) is 12.4. The molecule has 0 saturated heterocycles. The van der Waals surface area contributed by atoms with Crippen LogP contribution in [-0.4, -0.2) is 20.5 Å². The van der Waals surface area contributed by atoms with Crippen molar-refractivity contribution < 1.29 is 0 Å². The van der Waals surface area contributed by atoms with Crippen molar-refractivity contribution in [1.82, 2.24) is 20.3 Å². The summed E-state index contributed by atoms with van der Waals surface area (Å²) < 4.78 is 0. The number of nitrogens with zero attached hydrogens (tertiary/aromatic N) is 3. The second-order valence-electron chi connectivity index (χ2n) is 5.67. The van der Waals surface area contributed by atoms with Crippen LogP contribution in [0.4, 0.5) is 11.6 Å². The Morgan fingerprint density at radius 2 is 1.86 bits per heavy atom. The van der Waals surface area contributed by atoms with E-state index >= 15 is 0 Å². The molecular weight excluding hydrogens is 284 g/mol. The van der Waals surface area contributed by atoms with Crippen LogP contribution in [0, 0.1) is 0 Å². The van der Waals surface area contributed by atoms with E-state index in [4.69, 9.17) is 11.5 Å². The van der Waals surface area contributed by atoms with Crippen LogP contribution >= 0.6 is 11.8 Å². The number of nitrogen functional groups attached to an aromatic ring is 2. The molecule has 0 unspecified atom stereocenters. The zero-order valence-corrected chi connectivity index (χ0v) is 13.2. The van der Waals surface area contributed by atoms with Crippen LogP contribution in [0.15, 0.2) is 34.6 Å². The van der Waals surface area contributed by atoms with E-state index in [1.165, 1.54) is 17.8 Å². The average molecular weight is 304 g/mol. The van der Waals surface area contributed by atoms with Gasteiger partial charge in [0.2, 0.25) is 0 Å². The normalized spacial score (nSPS) is 11.6. The van der Waals surface area contributed by atoms with Crippen molar-refractivity contribution in [3.8, 4) is 0 Å². The van der Waals surface area contributed by atoms with Gasteiger partial charge in [0.15, 0.2) is 5.16 Å². The number of nitrogens with one attached hydrogen (secondary N) is 1. The zero-order chi connectivity index (χ0) is 15.5. The summed E-state index contributed by atoms with van der Waals surface area (Å²) in [5.74, 6) is 0.714. The van der Waals surface area contributed by atoms with Gasteiger partial charge in [-0.2, -0.15) is 0 Å². The molecule has 0 aliphatic rings. The van der Waals surface area contributed by atoms with Crippen LogP contribution < -0.4 is 16.8 Å². The molecule has 0 fully saturated rings. The summed E-state index contributed by atoms with van der Waals surface area (Å²) in [6, 6.07) is 5.48. The largest absolute Gasteiger partial charge is 0.383 e. The number of rotatable bonds is 4. The first-order valence-corrected chi connectivity index (χ1v) is 7.42. The molecule has 0 radical (unpaired) electrons. The first-order chi connectivity index (χ1) is 9.83. The predicted molar refractivity (Wildman–Crippen MR) is 85.8 cm³/mol. The molecule has 2 rings (SSSR count). The van der Waals surface area contributed by atoms with Gasteiger partial charge in [0.1, 0.15) is 16.7 Å². The number of hydrogen-bond donors (Lipinski definition) is 3. The molecule has 0 atom stereocenters. The van der Waals surface area contributed by atoms with Crippen molar-refractivity contribution in [2.45, 2.75) is 43.0 Å². The van der Waals surface area contributed by atoms with E-state index < -0.39 is 0 Å². The molecule has 0 bridgehead atoms. The van der Waals surface area contributed by atoms with Crippen LogP contribution in [0.2, 0.25) is 0 Å². The smallest absolute Gasteiger partial charge is 0.197 e. The first kappa shape index (κ1) is 15.5. The van der Waals surface area contributed by atoms with Gasteiger partial charge < -0.3 is 16.8 Å². The van der Waals surface area contributed by atoms with Gasteiger partial charge in [-0.3, -0.25) is 0 Å². The van der Waals surface area contributed by atoms with Gasteiger partial charge in [0.25, 0.3) is 0 Å². The van der Waals surface area contributed by atoms with Crippen molar-refractivity contribution in [2.24, 2.45) is 0 Å². The minimum Gasteiger partial charge on any atom is -0.383 e. The fourth-order valence-corrected chi connectivity index (χ4v) is 2.46. The van der Waals surface area contributed by atoms with Crippen LogP contribution in [-0.2, 0) is 6.54 Å². The number of nitrogens with two attached hydrogens (primary N) is 2. The van der Waals surface area contributed by atoms with Crippen molar-refractivity contribution in [3.63, 3.8) is 0 Å². The van der Waals surface area contributed by atoms with Gasteiger partial charge in [-0.05, 0) is 44.2 Å². The van der Waals surface area contributed by atoms with Crippen molar-refractivity contribution in [1.29, 1.82) is 0 Å². The standard InChI is InChI=1S/C14H20N6S/c1-14(2,3)18-8-9-5-4-6-17-12(9)21-13-19-10(15)7-11(16)20-13/h4-7,18H,8H2,1-3H3,(H4,15,16,19,20). The Bertz CT molecular complexity index is 603. The van der Waals surface area contributed by atoms with E-state index in [1.807, 2.05) is 12.1 Å². The van der Waals surface area contributed by atoms with Crippen molar-refractivity contribution in [3.05, 3.63) is 30.0 Å². The lowest BCUT2D eigenvalue weighted by atomic mass is 10.1. The molecule has 2 aromatic rings. The van der Waals surface area contributed by atoms with E-state index in [9.17, 15) is 0 Å². The minimum atomic E-state index is 0.0376. The Balaban J connectivity index is 2.20. The fraction of sp³-hybridized carbons (Fsp3) is 0.357. The Labute approximate surface area is 128 Å². The highest BCUT2D eigenvalue weighted by atomic mass is 32.2. The molecule has 6 nitrogen and oxygen atoms in total. The second kappa shape index (κ2) is 6.28. The Hall–Kier alpha value is -1.86. The number of anilines is 2. The molecule has 5 N–H and O–H groups in total. The molecule has 0 spiro atoms. The molecule has 0 saturated carbocycles. The highest BCUT2D eigenvalue weighted by molar-refractivity contribution is 7.99. The van der Waals surface area contributed by atoms with Gasteiger partial charge in [0.05, 0.1) is 0 Å². The predicted octanol–water partition coefficient (Wildman–Crippen LogP) is 2.08. The summed E-state index contributed by atoms with van der Waals surface area (Å²) in [5.41, 5.74) is 12.5. The lowest BCUT2D eigenvalue weighted by Gasteiger charge is -2.21. The van der Waals surface area contributed by atoms with Crippen LogP contribution in [0.1, 0.15) is 26.3 Å². The van der Waals surface area contributed by atoms with Crippen LogP contribution in [0.5, 0.6) is 0 Å². The maximum Gasteiger partial charge on any atom is 0.197 e. The molecule has 0 aromatic carbocycles. The molecule has 0 aliphatic carbocycles. The van der Waals surface area contributed by atoms with Crippen molar-refractivity contribution in [2.75, 3.05) is 11.5 Å². The lowest BCUT2D eigenvalue weighted by molar-refractivity contribution is 0.422. The fourth-order valence-electron chi connectivity index (χ4n) is 1.61. The maximum atomic E-state index is 5.69. The number of hydrogen-bond acceptors (Lipinski definition) is 7. The summed E-state index contributed by atoms with van der Waals surface area (Å²) in [4.78, 5) is 12.7. The SMILES string of the molecule is CC(C)(C)NCc1cccnc1Sc1nc(N)cc(N)n1. The van der Waals surface area contributed by atoms with Crippen LogP contribution in [0.25, 0.3) is 0 Å². The topological polar surface area (TPSA) is 103 Å². The average Bonchev–Trinajstić information content (AvgIpc) is 2.35.